The van der Waals surface area contributed by atoms with Gasteiger partial charge in [0.2, 0.25) is 0 Å². The van der Waals surface area contributed by atoms with Crippen molar-refractivity contribution in [1.29, 1.82) is 0 Å². The van der Waals surface area contributed by atoms with Crippen LogP contribution in [-0.4, -0.2) is 30.4 Å². The number of aliphatic hydroxyl groups excluding tert-OH is 1. The molecular weight excluding hydrogens is 322 g/mol. The highest BCUT2D eigenvalue weighted by molar-refractivity contribution is 5.70. The topological polar surface area (TPSA) is 41.5 Å². The molecule has 0 bridgehead atoms. The van der Waals surface area contributed by atoms with Crippen LogP contribution < -0.4 is 5.32 Å². The van der Waals surface area contributed by atoms with Crippen LogP contribution in [0.25, 0.3) is 22.3 Å². The van der Waals surface area contributed by atoms with Crippen molar-refractivity contribution in [2.24, 2.45) is 0 Å². The van der Waals surface area contributed by atoms with Crippen LogP contribution in [0.3, 0.4) is 0 Å². The molecule has 3 heteroatoms. The van der Waals surface area contributed by atoms with Crippen molar-refractivity contribution in [1.82, 2.24) is 5.32 Å². The molecule has 0 aromatic heterocycles. The first-order valence-electron chi connectivity index (χ1n) is 9.05. The molecule has 1 aliphatic rings. The largest absolute Gasteiger partial charge is 0.389 e. The average Bonchev–Trinajstić information content (AvgIpc) is 3.12. The zero-order valence-electron chi connectivity index (χ0n) is 14.6. The maximum atomic E-state index is 9.78. The second kappa shape index (κ2) is 7.83. The number of rotatable bonds is 5. The second-order valence-electron chi connectivity index (χ2n) is 6.72. The monoisotopic (exact) mass is 345 g/mol. The predicted octanol–water partition coefficient (Wildman–Crippen LogP) is 3.87. The van der Waals surface area contributed by atoms with Gasteiger partial charge in [-0.1, -0.05) is 78.9 Å². The first kappa shape index (κ1) is 17.0. The van der Waals surface area contributed by atoms with Crippen molar-refractivity contribution >= 4 is 0 Å². The van der Waals surface area contributed by atoms with E-state index in [0.717, 1.165) is 5.56 Å². The van der Waals surface area contributed by atoms with E-state index < -0.39 is 6.10 Å². The van der Waals surface area contributed by atoms with E-state index >= 15 is 0 Å². The summed E-state index contributed by atoms with van der Waals surface area (Å²) in [6.45, 7) is 1.85. The van der Waals surface area contributed by atoms with Crippen molar-refractivity contribution in [2.45, 2.75) is 18.8 Å². The highest BCUT2D eigenvalue weighted by atomic mass is 16.5. The SMILES string of the molecule is O[C@H]1CNC[C@@H]1OCc1ccc(-c2ccc(-c3ccccc3)cc2)cc1. The third-order valence-electron chi connectivity index (χ3n) is 4.87. The molecule has 1 aliphatic heterocycles. The van der Waals surface area contributed by atoms with Crippen LogP contribution in [0.5, 0.6) is 0 Å². The van der Waals surface area contributed by atoms with Crippen LogP contribution in [0.4, 0.5) is 0 Å². The Balaban J connectivity index is 1.42. The molecule has 1 fully saturated rings. The molecule has 2 N–H and O–H groups in total. The van der Waals surface area contributed by atoms with E-state index in [-0.39, 0.29) is 6.10 Å². The molecule has 0 spiro atoms. The summed E-state index contributed by atoms with van der Waals surface area (Å²) in [6, 6.07) is 27.5. The summed E-state index contributed by atoms with van der Waals surface area (Å²) >= 11 is 0. The van der Waals surface area contributed by atoms with Gasteiger partial charge in [-0.05, 0) is 27.8 Å². The Morgan fingerprint density at radius 1 is 0.731 bits per heavy atom. The van der Waals surface area contributed by atoms with E-state index in [1.54, 1.807) is 0 Å². The smallest absolute Gasteiger partial charge is 0.0974 e. The number of nitrogens with one attached hydrogen (secondary N) is 1. The van der Waals surface area contributed by atoms with Crippen LogP contribution in [0.15, 0.2) is 78.9 Å². The van der Waals surface area contributed by atoms with Gasteiger partial charge in [-0.15, -0.1) is 0 Å². The van der Waals surface area contributed by atoms with E-state index in [1.807, 2.05) is 6.07 Å². The fraction of sp³-hybridized carbons (Fsp3) is 0.217. The highest BCUT2D eigenvalue weighted by Gasteiger charge is 2.25. The van der Waals surface area contributed by atoms with Gasteiger partial charge in [-0.3, -0.25) is 0 Å². The summed E-state index contributed by atoms with van der Waals surface area (Å²) in [4.78, 5) is 0. The average molecular weight is 345 g/mol. The third kappa shape index (κ3) is 3.86. The summed E-state index contributed by atoms with van der Waals surface area (Å²) in [6.07, 6.45) is -0.516. The summed E-state index contributed by atoms with van der Waals surface area (Å²) in [5, 5.41) is 12.9. The standard InChI is InChI=1S/C23H23NO2/c25-22-14-24-15-23(22)26-16-17-6-8-19(9-7-17)21-12-10-20(11-13-21)18-4-2-1-3-5-18/h1-13,22-25H,14-16H2/t22-,23-/m0/s1. The highest BCUT2D eigenvalue weighted by Crippen LogP contribution is 2.25. The fourth-order valence-electron chi connectivity index (χ4n) is 3.29. The Kier molecular flexibility index (Phi) is 5.12. The van der Waals surface area contributed by atoms with Crippen molar-refractivity contribution in [3.05, 3.63) is 84.4 Å². The van der Waals surface area contributed by atoms with Crippen molar-refractivity contribution in [3.8, 4) is 22.3 Å². The first-order valence-corrected chi connectivity index (χ1v) is 9.05. The van der Waals surface area contributed by atoms with Crippen LogP contribution in [-0.2, 0) is 11.3 Å². The Hall–Kier alpha value is -2.46. The molecule has 26 heavy (non-hydrogen) atoms. The summed E-state index contributed by atoms with van der Waals surface area (Å²) < 4.78 is 5.80. The molecule has 132 valence electrons. The number of ether oxygens (including phenoxy) is 1. The predicted molar refractivity (Wildman–Crippen MR) is 105 cm³/mol. The molecule has 0 aliphatic carbocycles. The summed E-state index contributed by atoms with van der Waals surface area (Å²) in [5.41, 5.74) is 5.97. The number of aliphatic hydroxyl groups is 1. The minimum absolute atomic E-state index is 0.111. The van der Waals surface area contributed by atoms with Gasteiger partial charge in [0.05, 0.1) is 18.8 Å². The number of benzene rings is 3. The Labute approximate surface area is 154 Å². The lowest BCUT2D eigenvalue weighted by Crippen LogP contribution is -2.26. The zero-order chi connectivity index (χ0) is 17.8. The van der Waals surface area contributed by atoms with Crippen LogP contribution >= 0.6 is 0 Å². The molecule has 1 saturated heterocycles. The van der Waals surface area contributed by atoms with Crippen LogP contribution in [0.1, 0.15) is 5.56 Å². The maximum absolute atomic E-state index is 9.78. The van der Waals surface area contributed by atoms with E-state index in [1.165, 1.54) is 22.3 Å². The lowest BCUT2D eigenvalue weighted by molar-refractivity contribution is -0.0169. The molecule has 4 rings (SSSR count). The Bertz CT molecular complexity index is 828. The summed E-state index contributed by atoms with van der Waals surface area (Å²) in [5.74, 6) is 0. The van der Waals surface area contributed by atoms with Crippen molar-refractivity contribution in [2.75, 3.05) is 13.1 Å². The molecule has 0 amide bonds. The Morgan fingerprint density at radius 3 is 1.81 bits per heavy atom. The van der Waals surface area contributed by atoms with E-state index in [4.69, 9.17) is 4.74 Å². The zero-order valence-corrected chi connectivity index (χ0v) is 14.6. The second-order valence-corrected chi connectivity index (χ2v) is 6.72. The first-order chi connectivity index (χ1) is 12.8. The van der Waals surface area contributed by atoms with Crippen LogP contribution in [0, 0.1) is 0 Å². The Morgan fingerprint density at radius 2 is 1.27 bits per heavy atom. The van der Waals surface area contributed by atoms with E-state index in [0.29, 0.717) is 19.7 Å². The van der Waals surface area contributed by atoms with Crippen molar-refractivity contribution < 1.29 is 9.84 Å². The third-order valence-corrected chi connectivity index (χ3v) is 4.87. The van der Waals surface area contributed by atoms with Crippen molar-refractivity contribution in [3.63, 3.8) is 0 Å². The molecule has 3 aromatic rings. The molecule has 2 atom stereocenters. The molecule has 1 heterocycles. The van der Waals surface area contributed by atoms with Gasteiger partial charge >= 0.3 is 0 Å². The lowest BCUT2D eigenvalue weighted by Gasteiger charge is -2.14. The van der Waals surface area contributed by atoms with Gasteiger partial charge in [-0.2, -0.15) is 0 Å². The summed E-state index contributed by atoms with van der Waals surface area (Å²) in [7, 11) is 0. The van der Waals surface area contributed by atoms with Gasteiger partial charge in [0.1, 0.15) is 0 Å². The van der Waals surface area contributed by atoms with Gasteiger partial charge in [-0.25, -0.2) is 0 Å². The minimum atomic E-state index is -0.405. The molecule has 0 unspecified atom stereocenters. The van der Waals surface area contributed by atoms with Gasteiger partial charge in [0, 0.05) is 13.1 Å². The molecular formula is C23H23NO2. The number of β-amino-alcohol motifs (C(OH)–C–C–N with tert-alkyl or cyclic N) is 1. The normalized spacial score (nSPS) is 19.6. The van der Waals surface area contributed by atoms with Gasteiger partial charge in [0.25, 0.3) is 0 Å². The minimum Gasteiger partial charge on any atom is -0.389 e. The number of hydrogen-bond donors (Lipinski definition) is 2. The van der Waals surface area contributed by atoms with E-state index in [9.17, 15) is 5.11 Å². The number of hydrogen-bond acceptors (Lipinski definition) is 3. The molecule has 3 nitrogen and oxygen atoms in total. The fourth-order valence-corrected chi connectivity index (χ4v) is 3.29. The molecule has 0 saturated carbocycles. The molecule has 0 radical (unpaired) electrons. The van der Waals surface area contributed by atoms with Gasteiger partial charge in [0.15, 0.2) is 0 Å². The maximum Gasteiger partial charge on any atom is 0.0974 e. The van der Waals surface area contributed by atoms with Gasteiger partial charge < -0.3 is 15.2 Å². The molecule has 3 aromatic carbocycles. The quantitative estimate of drug-likeness (QED) is 0.738. The van der Waals surface area contributed by atoms with Crippen LogP contribution in [0.2, 0.25) is 0 Å². The van der Waals surface area contributed by atoms with E-state index in [2.05, 4.69) is 78.1 Å². The lowest BCUT2D eigenvalue weighted by atomic mass is 10.00.